The summed E-state index contributed by atoms with van der Waals surface area (Å²) in [6, 6.07) is 24.8. The number of hydrogen-bond donors (Lipinski definition) is 4. The van der Waals surface area contributed by atoms with Gasteiger partial charge in [-0.3, -0.25) is 9.59 Å². The molecule has 0 aliphatic carbocycles. The van der Waals surface area contributed by atoms with E-state index in [0.29, 0.717) is 28.1 Å². The zero-order valence-electron chi connectivity index (χ0n) is 25.8. The number of carbonyl (C=O) groups excluding carboxylic acids is 1. The van der Waals surface area contributed by atoms with Crippen molar-refractivity contribution in [2.75, 3.05) is 5.32 Å². The van der Waals surface area contributed by atoms with E-state index in [4.69, 9.17) is 5.11 Å². The smallest absolute Gasteiger partial charge is 1.00 e. The van der Waals surface area contributed by atoms with Crippen molar-refractivity contribution in [1.82, 2.24) is 4.57 Å². The van der Waals surface area contributed by atoms with Gasteiger partial charge in [0.25, 0.3) is 5.91 Å². The molecule has 3 aromatic carbocycles. The van der Waals surface area contributed by atoms with Crippen LogP contribution in [-0.2, 0) is 11.3 Å². The maximum atomic E-state index is 14.0. The van der Waals surface area contributed by atoms with Gasteiger partial charge in [-0.25, -0.2) is 4.39 Å². The third kappa shape index (κ3) is 8.30. The molecule has 4 aromatic rings. The first kappa shape index (κ1) is 33.5. The summed E-state index contributed by atoms with van der Waals surface area (Å²) in [5.41, 5.74) is 4.77. The number of carbonyl (C=O) groups is 2. The summed E-state index contributed by atoms with van der Waals surface area (Å²) in [5.74, 6) is -1.93. The number of halogens is 1. The van der Waals surface area contributed by atoms with Crippen molar-refractivity contribution in [2.24, 2.45) is 0 Å². The number of hydrogen-bond acceptors (Lipinski definition) is 4. The van der Waals surface area contributed by atoms with E-state index < -0.39 is 24.6 Å². The van der Waals surface area contributed by atoms with Crippen LogP contribution in [0.5, 0.6) is 0 Å². The topological polar surface area (TPSA) is 112 Å². The minimum Gasteiger partial charge on any atom is -1.00 e. The first-order valence-electron chi connectivity index (χ1n) is 13.7. The molecule has 2 atom stereocenters. The number of carboxylic acids is 1. The number of aliphatic hydroxyl groups is 2. The molecule has 1 amide bonds. The average molecular weight is 601 g/mol. The van der Waals surface area contributed by atoms with Crippen LogP contribution in [0.25, 0.3) is 22.4 Å². The number of aromatic nitrogens is 1. The van der Waals surface area contributed by atoms with Gasteiger partial charge in [0.1, 0.15) is 5.82 Å². The van der Waals surface area contributed by atoms with Crippen LogP contribution < -0.4 is 5.32 Å². The maximum Gasteiger partial charge on any atom is 2.00 e. The number of nitrogens with zero attached hydrogens (tertiary/aromatic N) is 1. The molecule has 218 valence electrons. The largest absolute Gasteiger partial charge is 2.00 e. The van der Waals surface area contributed by atoms with E-state index in [9.17, 15) is 24.2 Å². The normalized spacial score (nSPS) is 12.4. The van der Waals surface area contributed by atoms with Gasteiger partial charge in [0.15, 0.2) is 0 Å². The standard InChI is InChI=1S/C33H35FN2O5.Ca.2H/c1-21(2)31-30(33(41)35-25-11-7-4-8-12-25)29(22-9-5-3-6-10-22)32(23-13-15-24(34)16-14-23)36(31)18-17-26(37)19-27(38)20-28(39)40;;;/h3-16,21,26-27,37-38H,17-20H2,1-2H3,(H,35,41)(H,39,40);;;/q;+2;2*-1/t26-,27-;;;/m1.../s1. The van der Waals surface area contributed by atoms with Crippen LogP contribution in [0, 0.1) is 5.82 Å². The number of para-hydroxylation sites is 1. The van der Waals surface area contributed by atoms with Gasteiger partial charge in [-0.15, -0.1) is 0 Å². The molecule has 0 aliphatic rings. The summed E-state index contributed by atoms with van der Waals surface area (Å²) in [6.07, 6.45) is -2.51. The van der Waals surface area contributed by atoms with Crippen LogP contribution in [0.4, 0.5) is 10.1 Å². The fourth-order valence-electron chi connectivity index (χ4n) is 5.20. The zero-order chi connectivity index (χ0) is 29.5. The summed E-state index contributed by atoms with van der Waals surface area (Å²) in [7, 11) is 0. The Morgan fingerprint density at radius 3 is 2.05 bits per heavy atom. The number of nitrogens with one attached hydrogen (secondary N) is 1. The third-order valence-electron chi connectivity index (χ3n) is 6.93. The molecule has 0 saturated heterocycles. The van der Waals surface area contributed by atoms with E-state index in [2.05, 4.69) is 5.32 Å². The molecule has 0 radical (unpaired) electrons. The first-order chi connectivity index (χ1) is 19.7. The molecule has 9 heteroatoms. The Labute approximate surface area is 278 Å². The van der Waals surface area contributed by atoms with Crippen LogP contribution in [0.1, 0.15) is 57.9 Å². The zero-order valence-corrected chi connectivity index (χ0v) is 26.0. The summed E-state index contributed by atoms with van der Waals surface area (Å²) < 4.78 is 16.0. The van der Waals surface area contributed by atoms with E-state index in [0.717, 1.165) is 11.3 Å². The molecular formula is C33H37CaFN2O5. The van der Waals surface area contributed by atoms with Crippen molar-refractivity contribution < 1.29 is 32.2 Å². The fraction of sp³-hybridized carbons (Fsp3) is 0.273. The van der Waals surface area contributed by atoms with Crippen molar-refractivity contribution in [2.45, 2.75) is 57.8 Å². The number of carboxylic acid groups (broad SMARTS) is 1. The van der Waals surface area contributed by atoms with Gasteiger partial charge in [0.05, 0.1) is 29.9 Å². The summed E-state index contributed by atoms with van der Waals surface area (Å²) in [6.45, 7) is 4.25. The van der Waals surface area contributed by atoms with Gasteiger partial charge >= 0.3 is 43.7 Å². The Bertz CT molecular complexity index is 1490. The Morgan fingerprint density at radius 2 is 1.48 bits per heavy atom. The van der Waals surface area contributed by atoms with E-state index in [-0.39, 0.29) is 77.6 Å². The Balaban J connectivity index is 0.00000323. The van der Waals surface area contributed by atoms with Gasteiger partial charge in [-0.2, -0.15) is 0 Å². The summed E-state index contributed by atoms with van der Waals surface area (Å²) in [4.78, 5) is 25.0. The monoisotopic (exact) mass is 600 g/mol. The van der Waals surface area contributed by atoms with E-state index in [1.54, 1.807) is 12.1 Å². The van der Waals surface area contributed by atoms with Crippen LogP contribution >= 0.6 is 0 Å². The van der Waals surface area contributed by atoms with Crippen LogP contribution in [-0.4, -0.2) is 81.7 Å². The number of aliphatic hydroxyl groups excluding tert-OH is 2. The van der Waals surface area contributed by atoms with Gasteiger partial charge in [-0.1, -0.05) is 62.4 Å². The predicted octanol–water partition coefficient (Wildman–Crippen LogP) is 6.16. The van der Waals surface area contributed by atoms with Crippen LogP contribution in [0.2, 0.25) is 0 Å². The summed E-state index contributed by atoms with van der Waals surface area (Å²) >= 11 is 0. The van der Waals surface area contributed by atoms with Crippen molar-refractivity contribution in [1.29, 1.82) is 0 Å². The molecule has 0 bridgehead atoms. The SMILES string of the molecule is CC(C)c1c(C(=O)Nc2ccccc2)c(-c2ccccc2)c(-c2ccc(F)cc2)n1CC[C@@H](O)C[C@@H](O)CC(=O)O.[Ca+2].[H-].[H-]. The second kappa shape index (κ2) is 15.5. The van der Waals surface area contributed by atoms with Crippen molar-refractivity contribution in [3.8, 4) is 22.4 Å². The van der Waals surface area contributed by atoms with Gasteiger partial charge in [0, 0.05) is 23.5 Å². The number of rotatable bonds is 12. The quantitative estimate of drug-likeness (QED) is 0.146. The third-order valence-corrected chi connectivity index (χ3v) is 6.93. The van der Waals surface area contributed by atoms with E-state index >= 15 is 0 Å². The molecule has 0 saturated carbocycles. The molecule has 0 spiro atoms. The molecule has 7 nitrogen and oxygen atoms in total. The van der Waals surface area contributed by atoms with Gasteiger partial charge < -0.3 is 28.1 Å². The number of anilines is 1. The van der Waals surface area contributed by atoms with Crippen LogP contribution in [0.3, 0.4) is 0 Å². The Morgan fingerprint density at radius 1 is 0.881 bits per heavy atom. The number of aliphatic carboxylic acids is 1. The molecule has 0 fully saturated rings. The van der Waals surface area contributed by atoms with Crippen molar-refractivity contribution in [3.05, 3.63) is 102 Å². The second-order valence-electron chi connectivity index (χ2n) is 10.4. The van der Waals surface area contributed by atoms with Crippen molar-refractivity contribution >= 4 is 55.3 Å². The molecule has 4 rings (SSSR count). The predicted molar refractivity (Wildman–Crippen MR) is 165 cm³/mol. The fourth-order valence-corrected chi connectivity index (χ4v) is 5.20. The molecule has 1 heterocycles. The van der Waals surface area contributed by atoms with E-state index in [1.807, 2.05) is 79.1 Å². The maximum absolute atomic E-state index is 14.0. The Hall–Kier alpha value is -3.01. The van der Waals surface area contributed by atoms with Gasteiger partial charge in [0.2, 0.25) is 0 Å². The molecule has 0 unspecified atom stereocenters. The first-order valence-corrected chi connectivity index (χ1v) is 13.7. The average Bonchev–Trinajstić information content (AvgIpc) is 3.28. The second-order valence-corrected chi connectivity index (χ2v) is 10.4. The number of amides is 1. The van der Waals surface area contributed by atoms with E-state index in [1.165, 1.54) is 12.1 Å². The summed E-state index contributed by atoms with van der Waals surface area (Å²) in [5, 5.41) is 32.8. The molecular weight excluding hydrogens is 563 g/mol. The minimum atomic E-state index is -1.18. The minimum absolute atomic E-state index is 0. The molecule has 42 heavy (non-hydrogen) atoms. The Kier molecular flexibility index (Phi) is 12.3. The molecule has 0 aliphatic heterocycles. The van der Waals surface area contributed by atoms with Gasteiger partial charge in [-0.05, 0) is 66.3 Å². The molecule has 4 N–H and O–H groups in total. The van der Waals surface area contributed by atoms with Crippen molar-refractivity contribution in [3.63, 3.8) is 0 Å². The molecule has 1 aromatic heterocycles. The number of benzene rings is 3. The van der Waals surface area contributed by atoms with Crippen LogP contribution in [0.15, 0.2) is 84.9 Å².